The third kappa shape index (κ3) is 4.67. The van der Waals surface area contributed by atoms with Crippen LogP contribution in [0.1, 0.15) is 44.8 Å². The van der Waals surface area contributed by atoms with Gasteiger partial charge in [0.15, 0.2) is 0 Å². The molecule has 1 amide bonds. The molecule has 4 rings (SSSR count). The van der Waals surface area contributed by atoms with E-state index in [1.165, 1.54) is 18.3 Å². The lowest BCUT2D eigenvalue weighted by atomic mass is 10.0. The second kappa shape index (κ2) is 9.64. The Morgan fingerprint density at radius 3 is 2.54 bits per heavy atom. The number of nitrogens with one attached hydrogen (secondary N) is 2. The van der Waals surface area contributed by atoms with Gasteiger partial charge in [0.2, 0.25) is 0 Å². The van der Waals surface area contributed by atoms with Gasteiger partial charge in [-0.2, -0.15) is 0 Å². The third-order valence-corrected chi connectivity index (χ3v) is 5.68. The van der Waals surface area contributed by atoms with Crippen molar-refractivity contribution in [2.75, 3.05) is 7.11 Å². The zero-order valence-corrected chi connectivity index (χ0v) is 18.9. The van der Waals surface area contributed by atoms with Crippen LogP contribution in [0.25, 0.3) is 11.0 Å². The zero-order valence-electron chi connectivity index (χ0n) is 18.9. The van der Waals surface area contributed by atoms with Crippen molar-refractivity contribution < 1.29 is 19.4 Å². The molecule has 4 aromatic rings. The van der Waals surface area contributed by atoms with Gasteiger partial charge in [0, 0.05) is 12.7 Å². The minimum Gasteiger partial charge on any atom is -0.497 e. The smallest absolute Gasteiger partial charge is 0.336 e. The summed E-state index contributed by atoms with van der Waals surface area (Å²) in [6.45, 7) is 1.81. The number of nitrogens with zero attached hydrogens (tertiary/aromatic N) is 2. The van der Waals surface area contributed by atoms with Gasteiger partial charge in [0.25, 0.3) is 11.5 Å². The Hall–Kier alpha value is -4.73. The van der Waals surface area contributed by atoms with Crippen LogP contribution in [-0.2, 0) is 6.54 Å². The van der Waals surface area contributed by atoms with E-state index in [1.807, 2.05) is 12.1 Å². The van der Waals surface area contributed by atoms with E-state index < -0.39 is 29.2 Å². The maximum atomic E-state index is 13.3. The molecule has 0 aliphatic heterocycles. The summed E-state index contributed by atoms with van der Waals surface area (Å²) >= 11 is 0. The number of carboxylic acids is 1. The molecule has 3 N–H and O–H groups in total. The van der Waals surface area contributed by atoms with Crippen LogP contribution in [0.2, 0.25) is 0 Å². The Morgan fingerprint density at radius 1 is 1.14 bits per heavy atom. The van der Waals surface area contributed by atoms with E-state index in [2.05, 4.69) is 15.3 Å². The average molecular weight is 474 g/mol. The molecular weight excluding hydrogens is 452 g/mol. The number of carbonyl (C=O) groups is 2. The van der Waals surface area contributed by atoms with Crippen LogP contribution < -0.4 is 21.3 Å². The highest BCUT2D eigenvalue weighted by atomic mass is 16.5. The van der Waals surface area contributed by atoms with Crippen LogP contribution in [0.4, 0.5) is 0 Å². The number of methoxy groups -OCH3 is 1. The lowest BCUT2D eigenvalue weighted by Gasteiger charge is -2.17. The molecule has 178 valence electrons. The summed E-state index contributed by atoms with van der Waals surface area (Å²) in [5.74, 6) is -0.920. The number of benzene rings is 2. The number of fused-ring (bicyclic) bond motifs is 1. The van der Waals surface area contributed by atoms with Gasteiger partial charge in [-0.05, 0) is 42.3 Å². The maximum Gasteiger partial charge on any atom is 0.336 e. The maximum absolute atomic E-state index is 13.3. The number of rotatable bonds is 7. The van der Waals surface area contributed by atoms with Crippen molar-refractivity contribution in [1.82, 2.24) is 19.9 Å². The summed E-state index contributed by atoms with van der Waals surface area (Å²) in [5, 5.41) is 12.3. The van der Waals surface area contributed by atoms with Crippen molar-refractivity contribution in [2.45, 2.75) is 19.5 Å². The number of carbonyl (C=O) groups excluding carboxylic acids is 1. The predicted octanol–water partition coefficient (Wildman–Crippen LogP) is 2.33. The van der Waals surface area contributed by atoms with Crippen LogP contribution in [0.15, 0.2) is 70.4 Å². The second-order valence-corrected chi connectivity index (χ2v) is 7.82. The molecule has 0 spiro atoms. The molecule has 2 heterocycles. The van der Waals surface area contributed by atoms with Gasteiger partial charge in [-0.3, -0.25) is 19.1 Å². The second-order valence-electron chi connectivity index (χ2n) is 7.82. The molecule has 0 aliphatic carbocycles. The molecule has 35 heavy (non-hydrogen) atoms. The SMILES string of the molecule is COc1ccc(CNC(=O)c2cnc3[nH]c(=O)n(C(C)c4ccccc4C(=O)O)c(=O)c3c2)cc1. The Labute approximate surface area is 198 Å². The van der Waals surface area contributed by atoms with E-state index in [1.54, 1.807) is 44.4 Å². The fourth-order valence-electron chi connectivity index (χ4n) is 3.81. The van der Waals surface area contributed by atoms with Gasteiger partial charge in [-0.25, -0.2) is 14.6 Å². The molecule has 0 saturated heterocycles. The van der Waals surface area contributed by atoms with Crippen LogP contribution in [0.5, 0.6) is 5.75 Å². The van der Waals surface area contributed by atoms with Crippen LogP contribution >= 0.6 is 0 Å². The van der Waals surface area contributed by atoms with Crippen molar-refractivity contribution in [3.63, 3.8) is 0 Å². The number of pyridine rings is 1. The predicted molar refractivity (Wildman–Crippen MR) is 128 cm³/mol. The molecule has 10 nitrogen and oxygen atoms in total. The van der Waals surface area contributed by atoms with Crippen LogP contribution in [0, 0.1) is 0 Å². The molecular formula is C25H22N4O6. The van der Waals surface area contributed by atoms with Crippen LogP contribution in [-0.4, -0.2) is 38.6 Å². The number of amides is 1. The summed E-state index contributed by atoms with van der Waals surface area (Å²) in [6, 6.07) is 13.8. The van der Waals surface area contributed by atoms with Crippen molar-refractivity contribution in [3.05, 3.63) is 104 Å². The first-order valence-corrected chi connectivity index (χ1v) is 10.7. The number of aromatic carboxylic acids is 1. The van der Waals surface area contributed by atoms with Gasteiger partial charge >= 0.3 is 11.7 Å². The number of aromatic nitrogens is 3. The van der Waals surface area contributed by atoms with Crippen LogP contribution in [0.3, 0.4) is 0 Å². The van der Waals surface area contributed by atoms with Gasteiger partial charge in [0.1, 0.15) is 11.4 Å². The average Bonchev–Trinajstić information content (AvgIpc) is 2.87. The highest BCUT2D eigenvalue weighted by molar-refractivity contribution is 5.96. The van der Waals surface area contributed by atoms with E-state index >= 15 is 0 Å². The molecule has 10 heteroatoms. The standard InChI is InChI=1S/C25H22N4O6/c1-14(18-5-3-4-6-19(18)24(32)33)29-23(31)20-11-16(13-26-21(20)28-25(29)34)22(30)27-12-15-7-9-17(35-2)10-8-15/h3-11,13-14H,12H2,1-2H3,(H,27,30)(H,32,33)(H,26,28,34). The Balaban J connectivity index is 1.67. The quantitative estimate of drug-likeness (QED) is 0.373. The number of carboxylic acid groups (broad SMARTS) is 1. The number of H-pyrrole nitrogens is 1. The lowest BCUT2D eigenvalue weighted by molar-refractivity contribution is 0.0694. The van der Waals surface area contributed by atoms with E-state index in [-0.39, 0.29) is 28.7 Å². The normalized spacial score (nSPS) is 11.7. The van der Waals surface area contributed by atoms with Crippen molar-refractivity contribution in [3.8, 4) is 5.75 Å². The first-order valence-electron chi connectivity index (χ1n) is 10.7. The van der Waals surface area contributed by atoms with Crippen molar-refractivity contribution in [2.24, 2.45) is 0 Å². The van der Waals surface area contributed by atoms with Gasteiger partial charge < -0.3 is 15.2 Å². The molecule has 1 unspecified atom stereocenters. The molecule has 0 saturated carbocycles. The van der Waals surface area contributed by atoms with E-state index in [4.69, 9.17) is 4.74 Å². The molecule has 2 aromatic carbocycles. The van der Waals surface area contributed by atoms with E-state index in [0.717, 1.165) is 10.1 Å². The molecule has 1 atom stereocenters. The number of hydrogen-bond acceptors (Lipinski definition) is 6. The molecule has 0 fully saturated rings. The summed E-state index contributed by atoms with van der Waals surface area (Å²) < 4.78 is 6.04. The zero-order chi connectivity index (χ0) is 25.1. The largest absolute Gasteiger partial charge is 0.497 e. The Morgan fingerprint density at radius 2 is 1.86 bits per heavy atom. The lowest BCUT2D eigenvalue weighted by Crippen LogP contribution is -2.38. The minimum absolute atomic E-state index is 0.0174. The molecule has 0 bridgehead atoms. The minimum atomic E-state index is -1.17. The Bertz CT molecular complexity index is 1540. The third-order valence-electron chi connectivity index (χ3n) is 5.68. The van der Waals surface area contributed by atoms with Crippen molar-refractivity contribution in [1.29, 1.82) is 0 Å². The first-order chi connectivity index (χ1) is 16.8. The molecule has 2 aromatic heterocycles. The highest BCUT2D eigenvalue weighted by Gasteiger charge is 2.21. The number of ether oxygens (including phenoxy) is 1. The number of hydrogen-bond donors (Lipinski definition) is 3. The van der Waals surface area contributed by atoms with Gasteiger partial charge in [0.05, 0.1) is 29.7 Å². The van der Waals surface area contributed by atoms with E-state index in [9.17, 15) is 24.3 Å². The fourth-order valence-corrected chi connectivity index (χ4v) is 3.81. The fraction of sp³-hybridized carbons (Fsp3) is 0.160. The summed E-state index contributed by atoms with van der Waals surface area (Å²) in [6.07, 6.45) is 1.27. The van der Waals surface area contributed by atoms with E-state index in [0.29, 0.717) is 11.3 Å². The topological polar surface area (TPSA) is 143 Å². The van der Waals surface area contributed by atoms with Crippen molar-refractivity contribution >= 4 is 22.9 Å². The monoisotopic (exact) mass is 474 g/mol. The summed E-state index contributed by atoms with van der Waals surface area (Å²) in [4.78, 5) is 56.9. The van der Waals surface area contributed by atoms with Gasteiger partial charge in [-0.15, -0.1) is 0 Å². The number of aromatic amines is 1. The highest BCUT2D eigenvalue weighted by Crippen LogP contribution is 2.20. The van der Waals surface area contributed by atoms with Gasteiger partial charge in [-0.1, -0.05) is 30.3 Å². The summed E-state index contributed by atoms with van der Waals surface area (Å²) in [7, 11) is 1.57. The first kappa shape index (κ1) is 23.4. The summed E-state index contributed by atoms with van der Waals surface area (Å²) in [5.41, 5.74) is -0.120. The molecule has 0 radical (unpaired) electrons. The molecule has 0 aliphatic rings. The Kier molecular flexibility index (Phi) is 6.45.